The van der Waals surface area contributed by atoms with Crippen LogP contribution in [0.5, 0.6) is 5.75 Å². The molecule has 1 N–H and O–H groups in total. The predicted octanol–water partition coefficient (Wildman–Crippen LogP) is 2.98. The second-order valence-corrected chi connectivity index (χ2v) is 5.71. The Balaban J connectivity index is 1.92. The lowest BCUT2D eigenvalue weighted by molar-refractivity contribution is 0.0684. The first-order valence-electron chi connectivity index (χ1n) is 7.96. The van der Waals surface area contributed by atoms with Crippen LogP contribution in [-0.2, 0) is 13.0 Å². The van der Waals surface area contributed by atoms with Crippen LogP contribution < -0.4 is 4.74 Å². The third-order valence-electron chi connectivity index (χ3n) is 4.12. The van der Waals surface area contributed by atoms with Crippen molar-refractivity contribution in [3.8, 4) is 5.75 Å². The average molecular weight is 325 g/mol. The van der Waals surface area contributed by atoms with Crippen LogP contribution in [0.1, 0.15) is 38.8 Å². The number of carboxylic acid groups (broad SMARTS) is 1. The molecule has 5 nitrogen and oxygen atoms in total. The molecule has 5 heteroatoms. The van der Waals surface area contributed by atoms with Gasteiger partial charge in [-0.25, -0.2) is 4.79 Å². The number of amides is 1. The molecule has 1 amide bonds. The molecule has 0 fully saturated rings. The molecule has 0 saturated heterocycles. The molecule has 1 aliphatic rings. The van der Waals surface area contributed by atoms with Crippen LogP contribution >= 0.6 is 0 Å². The summed E-state index contributed by atoms with van der Waals surface area (Å²) in [4.78, 5) is 26.0. The van der Waals surface area contributed by atoms with E-state index in [1.165, 1.54) is 0 Å². The van der Waals surface area contributed by atoms with Crippen LogP contribution in [0.25, 0.3) is 0 Å². The Hall–Kier alpha value is -2.82. The first kappa shape index (κ1) is 16.1. The third-order valence-corrected chi connectivity index (χ3v) is 4.12. The van der Waals surface area contributed by atoms with Crippen molar-refractivity contribution >= 4 is 11.9 Å². The van der Waals surface area contributed by atoms with Gasteiger partial charge in [-0.15, -0.1) is 0 Å². The van der Waals surface area contributed by atoms with Gasteiger partial charge in [0.2, 0.25) is 0 Å². The van der Waals surface area contributed by atoms with Crippen LogP contribution in [0.4, 0.5) is 0 Å². The maximum absolute atomic E-state index is 12.8. The highest BCUT2D eigenvalue weighted by Crippen LogP contribution is 2.29. The number of carbonyl (C=O) groups is 2. The number of hydrogen-bond acceptors (Lipinski definition) is 3. The Morgan fingerprint density at radius 1 is 1.25 bits per heavy atom. The Morgan fingerprint density at radius 3 is 2.67 bits per heavy atom. The highest BCUT2D eigenvalue weighted by atomic mass is 16.5. The van der Waals surface area contributed by atoms with Crippen molar-refractivity contribution in [2.24, 2.45) is 0 Å². The fourth-order valence-electron chi connectivity index (χ4n) is 2.95. The second kappa shape index (κ2) is 6.74. The molecule has 124 valence electrons. The summed E-state index contributed by atoms with van der Waals surface area (Å²) < 4.78 is 5.41. The van der Waals surface area contributed by atoms with Gasteiger partial charge in [0, 0.05) is 18.7 Å². The Morgan fingerprint density at radius 2 is 2.00 bits per heavy atom. The van der Waals surface area contributed by atoms with Gasteiger partial charge in [0.15, 0.2) is 0 Å². The van der Waals surface area contributed by atoms with Crippen LogP contribution in [-0.4, -0.2) is 35.0 Å². The molecule has 0 unspecified atom stereocenters. The van der Waals surface area contributed by atoms with Crippen LogP contribution in [0.15, 0.2) is 42.5 Å². The lowest BCUT2D eigenvalue weighted by atomic mass is 9.95. The predicted molar refractivity (Wildman–Crippen MR) is 89.5 cm³/mol. The van der Waals surface area contributed by atoms with E-state index in [-0.39, 0.29) is 17.2 Å². The number of ether oxygens (including phenoxy) is 1. The van der Waals surface area contributed by atoms with Gasteiger partial charge in [-0.1, -0.05) is 30.3 Å². The summed E-state index contributed by atoms with van der Waals surface area (Å²) in [5, 5.41) is 9.33. The number of carbonyl (C=O) groups excluding carboxylic acids is 1. The smallest absolute Gasteiger partial charge is 0.339 e. The van der Waals surface area contributed by atoms with Crippen LogP contribution in [0.3, 0.4) is 0 Å². The number of hydrogen-bond donors (Lipinski definition) is 1. The molecular weight excluding hydrogens is 306 g/mol. The van der Waals surface area contributed by atoms with Gasteiger partial charge < -0.3 is 14.7 Å². The summed E-state index contributed by atoms with van der Waals surface area (Å²) in [6, 6.07) is 13.0. The third kappa shape index (κ3) is 3.11. The molecule has 2 aromatic carbocycles. The Bertz CT molecular complexity index is 770. The number of rotatable bonds is 5. The maximum atomic E-state index is 12.8. The minimum Gasteiger partial charge on any atom is -0.493 e. The minimum absolute atomic E-state index is 0.0852. The fourth-order valence-corrected chi connectivity index (χ4v) is 2.95. The summed E-state index contributed by atoms with van der Waals surface area (Å²) in [5.41, 5.74) is 2.48. The molecule has 0 radical (unpaired) electrons. The summed E-state index contributed by atoms with van der Waals surface area (Å²) in [5.74, 6) is -0.878. The van der Waals surface area contributed by atoms with Crippen molar-refractivity contribution in [1.82, 2.24) is 4.90 Å². The molecule has 1 aliphatic heterocycles. The minimum atomic E-state index is -1.04. The van der Waals surface area contributed by atoms with Crippen LogP contribution in [0, 0.1) is 0 Å². The van der Waals surface area contributed by atoms with Crippen molar-refractivity contribution in [2.75, 3.05) is 13.2 Å². The molecule has 1 heterocycles. The average Bonchev–Trinajstić information content (AvgIpc) is 2.58. The lowest BCUT2D eigenvalue weighted by Crippen LogP contribution is -2.37. The van der Waals surface area contributed by atoms with E-state index in [2.05, 4.69) is 0 Å². The summed E-state index contributed by atoms with van der Waals surface area (Å²) in [6.45, 7) is 3.26. The van der Waals surface area contributed by atoms with Gasteiger partial charge in [0.1, 0.15) is 11.3 Å². The molecule has 0 bridgehead atoms. The highest BCUT2D eigenvalue weighted by Gasteiger charge is 2.27. The van der Waals surface area contributed by atoms with E-state index >= 15 is 0 Å². The zero-order chi connectivity index (χ0) is 17.1. The molecular formula is C19H19NO4. The van der Waals surface area contributed by atoms with E-state index in [9.17, 15) is 14.7 Å². The molecule has 3 rings (SSSR count). The number of aromatic carboxylic acids is 1. The molecule has 0 spiro atoms. The zero-order valence-electron chi connectivity index (χ0n) is 13.5. The number of nitrogens with zero attached hydrogens (tertiary/aromatic N) is 1. The van der Waals surface area contributed by atoms with Crippen molar-refractivity contribution < 1.29 is 19.4 Å². The van der Waals surface area contributed by atoms with E-state index in [1.54, 1.807) is 24.0 Å². The second-order valence-electron chi connectivity index (χ2n) is 5.71. The van der Waals surface area contributed by atoms with Crippen molar-refractivity contribution in [3.05, 3.63) is 64.7 Å². The van der Waals surface area contributed by atoms with Gasteiger partial charge in [0.05, 0.1) is 6.61 Å². The van der Waals surface area contributed by atoms with E-state index < -0.39 is 5.97 Å². The van der Waals surface area contributed by atoms with E-state index in [0.29, 0.717) is 31.7 Å². The van der Waals surface area contributed by atoms with Crippen molar-refractivity contribution in [3.63, 3.8) is 0 Å². The topological polar surface area (TPSA) is 66.8 Å². The van der Waals surface area contributed by atoms with Gasteiger partial charge >= 0.3 is 5.97 Å². The number of benzene rings is 2. The van der Waals surface area contributed by atoms with E-state index in [0.717, 1.165) is 11.1 Å². The quantitative estimate of drug-likeness (QED) is 0.918. The highest BCUT2D eigenvalue weighted by molar-refractivity contribution is 6.00. The Kier molecular flexibility index (Phi) is 4.51. The monoisotopic (exact) mass is 325 g/mol. The largest absolute Gasteiger partial charge is 0.493 e. The van der Waals surface area contributed by atoms with Gasteiger partial charge in [-0.3, -0.25) is 4.79 Å². The molecule has 0 aliphatic carbocycles. The number of carboxylic acids is 1. The van der Waals surface area contributed by atoms with Gasteiger partial charge in [0.25, 0.3) is 5.91 Å². The summed E-state index contributed by atoms with van der Waals surface area (Å²) in [6.07, 6.45) is 0.639. The van der Waals surface area contributed by atoms with Crippen LogP contribution in [0.2, 0.25) is 0 Å². The summed E-state index contributed by atoms with van der Waals surface area (Å²) in [7, 11) is 0. The van der Waals surface area contributed by atoms with Gasteiger partial charge in [-0.2, -0.15) is 0 Å². The first-order valence-corrected chi connectivity index (χ1v) is 7.96. The molecule has 0 aromatic heterocycles. The maximum Gasteiger partial charge on any atom is 0.339 e. The Labute approximate surface area is 140 Å². The van der Waals surface area contributed by atoms with Crippen molar-refractivity contribution in [1.29, 1.82) is 0 Å². The molecule has 2 aromatic rings. The zero-order valence-corrected chi connectivity index (χ0v) is 13.5. The van der Waals surface area contributed by atoms with Crippen molar-refractivity contribution in [2.45, 2.75) is 19.9 Å². The fraction of sp³-hybridized carbons (Fsp3) is 0.263. The SMILES string of the molecule is CCOc1cc2c(cc1C(=O)O)CCN(Cc1ccccc1)C2=O. The van der Waals surface area contributed by atoms with E-state index in [1.807, 2.05) is 30.3 Å². The molecule has 24 heavy (non-hydrogen) atoms. The number of fused-ring (bicyclic) bond motifs is 1. The first-order chi connectivity index (χ1) is 11.6. The van der Waals surface area contributed by atoms with E-state index in [4.69, 9.17) is 4.74 Å². The lowest BCUT2D eigenvalue weighted by Gasteiger charge is -2.29. The molecule has 0 saturated carbocycles. The molecule has 0 atom stereocenters. The normalized spacial score (nSPS) is 13.5. The van der Waals surface area contributed by atoms with Gasteiger partial charge in [-0.05, 0) is 36.6 Å². The summed E-state index contributed by atoms with van der Waals surface area (Å²) >= 11 is 0. The standard InChI is InChI=1S/C19H19NO4/c1-2-24-17-11-15-14(10-16(17)19(22)23)8-9-20(18(15)21)12-13-6-4-3-5-7-13/h3-7,10-11H,2,8-9,12H2,1H3,(H,22,23).